The molecule has 1 aliphatic carbocycles. The number of sulfonamides is 1. The van der Waals surface area contributed by atoms with Crippen LogP contribution in [0.5, 0.6) is 0 Å². The fourth-order valence-corrected chi connectivity index (χ4v) is 3.99. The SMILES string of the molecule is CCC1CC(c2ccc(C(F)(F)F)cc2)=C(c2ccc(S(N)(=O)=O)cc2)C1. The zero-order valence-corrected chi connectivity index (χ0v) is 15.6. The van der Waals surface area contributed by atoms with Gasteiger partial charge in [-0.1, -0.05) is 37.6 Å². The van der Waals surface area contributed by atoms with Crippen molar-refractivity contribution in [3.05, 3.63) is 65.2 Å². The van der Waals surface area contributed by atoms with Crippen molar-refractivity contribution < 1.29 is 21.6 Å². The third kappa shape index (κ3) is 4.25. The Balaban J connectivity index is 2.01. The predicted molar refractivity (Wildman–Crippen MR) is 99.1 cm³/mol. The molecule has 0 saturated heterocycles. The fourth-order valence-electron chi connectivity index (χ4n) is 3.47. The summed E-state index contributed by atoms with van der Waals surface area (Å²) >= 11 is 0. The highest BCUT2D eigenvalue weighted by molar-refractivity contribution is 7.89. The molecule has 0 spiro atoms. The highest BCUT2D eigenvalue weighted by Gasteiger charge is 2.31. The van der Waals surface area contributed by atoms with Crippen molar-refractivity contribution in [1.82, 2.24) is 0 Å². The van der Waals surface area contributed by atoms with Gasteiger partial charge in [0.2, 0.25) is 10.0 Å². The Labute approximate surface area is 156 Å². The summed E-state index contributed by atoms with van der Waals surface area (Å²) < 4.78 is 61.3. The number of rotatable bonds is 4. The van der Waals surface area contributed by atoms with E-state index in [2.05, 4.69) is 6.92 Å². The molecule has 0 aliphatic heterocycles. The Morgan fingerprint density at radius 3 is 1.74 bits per heavy atom. The zero-order valence-electron chi connectivity index (χ0n) is 14.8. The van der Waals surface area contributed by atoms with E-state index in [1.807, 2.05) is 0 Å². The van der Waals surface area contributed by atoms with Crippen molar-refractivity contribution in [2.45, 2.75) is 37.3 Å². The molecule has 0 fully saturated rings. The molecule has 0 amide bonds. The second-order valence-electron chi connectivity index (χ2n) is 6.78. The molecular weight excluding hydrogens is 375 g/mol. The summed E-state index contributed by atoms with van der Waals surface area (Å²) in [4.78, 5) is 0.0352. The van der Waals surface area contributed by atoms with Gasteiger partial charge in [0.15, 0.2) is 0 Å². The van der Waals surface area contributed by atoms with Crippen molar-refractivity contribution in [3.63, 3.8) is 0 Å². The summed E-state index contributed by atoms with van der Waals surface area (Å²) in [5.74, 6) is 0.412. The van der Waals surface area contributed by atoms with Crippen molar-refractivity contribution in [1.29, 1.82) is 0 Å². The standard InChI is InChI=1S/C20H20F3NO2S/c1-2-13-11-18(14-3-7-16(8-4-14)20(21,22)23)19(12-13)15-5-9-17(10-6-15)27(24,25)26/h3-10,13H,2,11-12H2,1H3,(H2,24,25,26). The van der Waals surface area contributed by atoms with E-state index >= 15 is 0 Å². The van der Waals surface area contributed by atoms with Crippen molar-refractivity contribution in [3.8, 4) is 0 Å². The van der Waals surface area contributed by atoms with Gasteiger partial charge >= 0.3 is 6.18 Å². The molecule has 1 aliphatic rings. The van der Waals surface area contributed by atoms with E-state index in [1.54, 1.807) is 12.1 Å². The van der Waals surface area contributed by atoms with Gasteiger partial charge in [-0.05, 0) is 65.3 Å². The minimum Gasteiger partial charge on any atom is -0.225 e. The molecule has 144 valence electrons. The molecule has 7 heteroatoms. The van der Waals surface area contributed by atoms with Crippen LogP contribution in [0.25, 0.3) is 11.1 Å². The molecular formula is C20H20F3NO2S. The molecule has 0 radical (unpaired) electrons. The zero-order chi connectivity index (χ0) is 19.8. The molecule has 1 unspecified atom stereocenters. The second kappa shape index (κ2) is 7.13. The van der Waals surface area contributed by atoms with Crippen LogP contribution in [-0.4, -0.2) is 8.42 Å². The van der Waals surface area contributed by atoms with Crippen LogP contribution in [0.3, 0.4) is 0 Å². The van der Waals surface area contributed by atoms with E-state index < -0.39 is 21.8 Å². The first-order chi connectivity index (χ1) is 12.6. The van der Waals surface area contributed by atoms with Crippen LogP contribution in [0, 0.1) is 5.92 Å². The van der Waals surface area contributed by atoms with Gasteiger partial charge in [-0.25, -0.2) is 13.6 Å². The maximum absolute atomic E-state index is 12.8. The van der Waals surface area contributed by atoms with Gasteiger partial charge in [-0.2, -0.15) is 13.2 Å². The van der Waals surface area contributed by atoms with Gasteiger partial charge in [0.05, 0.1) is 10.5 Å². The lowest BCUT2D eigenvalue weighted by Gasteiger charge is -2.11. The summed E-state index contributed by atoms with van der Waals surface area (Å²) in [5, 5.41) is 5.14. The summed E-state index contributed by atoms with van der Waals surface area (Å²) in [6, 6.07) is 11.5. The van der Waals surface area contributed by atoms with Crippen LogP contribution in [0.1, 0.15) is 42.9 Å². The molecule has 0 heterocycles. The van der Waals surface area contributed by atoms with E-state index in [-0.39, 0.29) is 4.90 Å². The molecule has 27 heavy (non-hydrogen) atoms. The number of allylic oxidation sites excluding steroid dienone is 2. The Morgan fingerprint density at radius 2 is 1.37 bits per heavy atom. The van der Waals surface area contributed by atoms with Gasteiger partial charge in [0, 0.05) is 0 Å². The normalized spacial score (nSPS) is 18.2. The fraction of sp³-hybridized carbons (Fsp3) is 0.300. The van der Waals surface area contributed by atoms with E-state index in [4.69, 9.17) is 5.14 Å². The molecule has 1 atom stereocenters. The number of hydrogen-bond acceptors (Lipinski definition) is 2. The van der Waals surface area contributed by atoms with Crippen LogP contribution >= 0.6 is 0 Å². The Hall–Kier alpha value is -2.12. The number of halogens is 3. The van der Waals surface area contributed by atoms with Crippen LogP contribution in [-0.2, 0) is 16.2 Å². The number of primary sulfonamides is 1. The van der Waals surface area contributed by atoms with Gasteiger partial charge in [0.1, 0.15) is 0 Å². The van der Waals surface area contributed by atoms with Crippen LogP contribution in [0.15, 0.2) is 53.4 Å². The highest BCUT2D eigenvalue weighted by atomic mass is 32.2. The lowest BCUT2D eigenvalue weighted by Crippen LogP contribution is -2.11. The minimum atomic E-state index is -4.36. The lowest BCUT2D eigenvalue weighted by atomic mass is 9.96. The average molecular weight is 395 g/mol. The van der Waals surface area contributed by atoms with E-state index in [0.29, 0.717) is 5.92 Å². The molecule has 0 saturated carbocycles. The lowest BCUT2D eigenvalue weighted by molar-refractivity contribution is -0.137. The minimum absolute atomic E-state index is 0.0352. The third-order valence-electron chi connectivity index (χ3n) is 5.02. The third-order valence-corrected chi connectivity index (χ3v) is 5.95. The van der Waals surface area contributed by atoms with Crippen LogP contribution in [0.4, 0.5) is 13.2 Å². The molecule has 3 rings (SSSR count). The average Bonchev–Trinajstić information content (AvgIpc) is 3.05. The Bertz CT molecular complexity index is 960. The molecule has 0 bridgehead atoms. The second-order valence-corrected chi connectivity index (χ2v) is 8.35. The highest BCUT2D eigenvalue weighted by Crippen LogP contribution is 2.44. The molecule has 2 N–H and O–H groups in total. The van der Waals surface area contributed by atoms with Crippen LogP contribution < -0.4 is 5.14 Å². The number of alkyl halides is 3. The quantitative estimate of drug-likeness (QED) is 0.784. The maximum atomic E-state index is 12.8. The summed E-state index contributed by atoms with van der Waals surface area (Å²) in [7, 11) is -3.77. The topological polar surface area (TPSA) is 60.2 Å². The van der Waals surface area contributed by atoms with Crippen molar-refractivity contribution in [2.75, 3.05) is 0 Å². The smallest absolute Gasteiger partial charge is 0.225 e. The van der Waals surface area contributed by atoms with Crippen LogP contribution in [0.2, 0.25) is 0 Å². The molecule has 0 aromatic heterocycles. The first-order valence-corrected chi connectivity index (χ1v) is 10.2. The van der Waals surface area contributed by atoms with Gasteiger partial charge in [-0.15, -0.1) is 0 Å². The predicted octanol–water partition coefficient (Wildman–Crippen LogP) is 5.08. The number of nitrogens with two attached hydrogens (primary N) is 1. The van der Waals surface area contributed by atoms with E-state index in [0.717, 1.165) is 53.7 Å². The Morgan fingerprint density at radius 1 is 0.926 bits per heavy atom. The first-order valence-electron chi connectivity index (χ1n) is 8.62. The first kappa shape index (κ1) is 19.6. The monoisotopic (exact) mass is 395 g/mol. The van der Waals surface area contributed by atoms with Gasteiger partial charge < -0.3 is 0 Å². The Kier molecular flexibility index (Phi) is 5.18. The van der Waals surface area contributed by atoms with Gasteiger partial charge in [-0.3, -0.25) is 0 Å². The van der Waals surface area contributed by atoms with E-state index in [9.17, 15) is 21.6 Å². The van der Waals surface area contributed by atoms with Crippen molar-refractivity contribution >= 4 is 21.2 Å². The summed E-state index contributed by atoms with van der Waals surface area (Å²) in [5.41, 5.74) is 3.02. The molecule has 3 nitrogen and oxygen atoms in total. The summed E-state index contributed by atoms with van der Waals surface area (Å²) in [6.45, 7) is 2.09. The largest absolute Gasteiger partial charge is 0.416 e. The molecule has 2 aromatic carbocycles. The maximum Gasteiger partial charge on any atom is 0.416 e. The molecule has 2 aromatic rings. The van der Waals surface area contributed by atoms with Gasteiger partial charge in [0.25, 0.3) is 0 Å². The number of benzene rings is 2. The van der Waals surface area contributed by atoms with Crippen molar-refractivity contribution in [2.24, 2.45) is 11.1 Å². The summed E-state index contributed by atoms with van der Waals surface area (Å²) in [6.07, 6.45) is -1.81. The number of hydrogen-bond donors (Lipinski definition) is 1. The van der Waals surface area contributed by atoms with E-state index in [1.165, 1.54) is 24.3 Å².